The lowest BCUT2D eigenvalue weighted by Gasteiger charge is -2.19. The van der Waals surface area contributed by atoms with Crippen LogP contribution in [0.2, 0.25) is 5.02 Å². The zero-order valence-corrected chi connectivity index (χ0v) is 13.7. The highest BCUT2D eigenvalue weighted by atomic mass is 35.5. The summed E-state index contributed by atoms with van der Waals surface area (Å²) in [6, 6.07) is 4.85. The summed E-state index contributed by atoms with van der Waals surface area (Å²) < 4.78 is 26.3. The first-order valence-electron chi connectivity index (χ1n) is 6.38. The van der Waals surface area contributed by atoms with Gasteiger partial charge in [0.05, 0.1) is 5.02 Å². The average Bonchev–Trinajstić information content (AvgIpc) is 2.38. The molecule has 0 atom stereocenters. The Morgan fingerprint density at radius 3 is 2.40 bits per heavy atom. The van der Waals surface area contributed by atoms with Crippen molar-refractivity contribution >= 4 is 21.6 Å². The molecule has 0 amide bonds. The van der Waals surface area contributed by atoms with Crippen LogP contribution in [0.5, 0.6) is 0 Å². The van der Waals surface area contributed by atoms with E-state index in [4.69, 9.17) is 17.3 Å². The molecule has 7 heteroatoms. The Labute approximate surface area is 126 Å². The number of nitrogens with two attached hydrogens (primary N) is 1. The van der Waals surface area contributed by atoms with E-state index < -0.39 is 10.0 Å². The summed E-state index contributed by atoms with van der Waals surface area (Å²) in [7, 11) is 1.90. The normalized spacial score (nSPS) is 12.3. The lowest BCUT2D eigenvalue weighted by molar-refractivity contribution is 0.370. The first-order valence-corrected chi connectivity index (χ1v) is 8.20. The average molecular weight is 320 g/mol. The lowest BCUT2D eigenvalue weighted by atomic mass is 10.2. The second-order valence-electron chi connectivity index (χ2n) is 4.95. The second kappa shape index (κ2) is 7.38. The molecule has 0 spiro atoms. The maximum Gasteiger partial charge on any atom is 0.244 e. The standard InChI is InChI=1S/C13H22ClN3O2S/c1-16(2)7-4-8-17(3)20(18,19)13-9-11(10-15)5-6-12(13)14/h5-6,9H,4,7-8,10,15H2,1-3H3. The van der Waals surface area contributed by atoms with Crippen LogP contribution >= 0.6 is 11.6 Å². The molecule has 20 heavy (non-hydrogen) atoms. The third kappa shape index (κ3) is 4.43. The number of halogens is 1. The fraction of sp³-hybridized carbons (Fsp3) is 0.538. The molecule has 0 aliphatic carbocycles. The van der Waals surface area contributed by atoms with Gasteiger partial charge in [-0.15, -0.1) is 0 Å². The quantitative estimate of drug-likeness (QED) is 0.824. The van der Waals surface area contributed by atoms with Gasteiger partial charge in [-0.3, -0.25) is 0 Å². The van der Waals surface area contributed by atoms with Crippen LogP contribution in [0.3, 0.4) is 0 Å². The van der Waals surface area contributed by atoms with E-state index in [0.717, 1.165) is 18.5 Å². The summed E-state index contributed by atoms with van der Waals surface area (Å²) >= 11 is 6.01. The van der Waals surface area contributed by atoms with Crippen molar-refractivity contribution in [3.63, 3.8) is 0 Å². The molecule has 0 radical (unpaired) electrons. The SMILES string of the molecule is CN(C)CCCN(C)S(=O)(=O)c1cc(CN)ccc1Cl. The molecule has 0 aromatic heterocycles. The van der Waals surface area contributed by atoms with Crippen LogP contribution in [-0.2, 0) is 16.6 Å². The smallest absolute Gasteiger partial charge is 0.244 e. The highest BCUT2D eigenvalue weighted by Gasteiger charge is 2.23. The van der Waals surface area contributed by atoms with Gasteiger partial charge in [0.1, 0.15) is 4.90 Å². The van der Waals surface area contributed by atoms with Crippen LogP contribution in [-0.4, -0.2) is 51.9 Å². The van der Waals surface area contributed by atoms with Crippen LogP contribution in [0.25, 0.3) is 0 Å². The summed E-state index contributed by atoms with van der Waals surface area (Å²) in [5, 5.41) is 0.224. The van der Waals surface area contributed by atoms with Gasteiger partial charge in [-0.05, 0) is 44.8 Å². The molecular formula is C13H22ClN3O2S. The van der Waals surface area contributed by atoms with Crippen molar-refractivity contribution in [3.8, 4) is 0 Å². The highest BCUT2D eigenvalue weighted by molar-refractivity contribution is 7.89. The van der Waals surface area contributed by atoms with Crippen molar-refractivity contribution in [1.29, 1.82) is 0 Å². The molecule has 0 bridgehead atoms. The minimum absolute atomic E-state index is 0.120. The molecule has 1 aromatic rings. The fourth-order valence-corrected chi connectivity index (χ4v) is 3.50. The Kier molecular flexibility index (Phi) is 6.42. The molecule has 0 saturated carbocycles. The van der Waals surface area contributed by atoms with Crippen LogP contribution in [0, 0.1) is 0 Å². The summed E-state index contributed by atoms with van der Waals surface area (Å²) in [5.74, 6) is 0. The zero-order valence-electron chi connectivity index (χ0n) is 12.1. The molecule has 0 fully saturated rings. The molecule has 2 N–H and O–H groups in total. The van der Waals surface area contributed by atoms with E-state index in [1.807, 2.05) is 19.0 Å². The van der Waals surface area contributed by atoms with Crippen molar-refractivity contribution in [2.75, 3.05) is 34.2 Å². The zero-order chi connectivity index (χ0) is 15.3. The van der Waals surface area contributed by atoms with Crippen LogP contribution in [0.15, 0.2) is 23.1 Å². The van der Waals surface area contributed by atoms with Crippen molar-refractivity contribution in [2.24, 2.45) is 5.73 Å². The van der Waals surface area contributed by atoms with Gasteiger partial charge in [0.15, 0.2) is 0 Å². The third-order valence-corrected chi connectivity index (χ3v) is 5.34. The molecule has 1 aromatic carbocycles. The van der Waals surface area contributed by atoms with Crippen molar-refractivity contribution < 1.29 is 8.42 Å². The molecule has 0 aliphatic heterocycles. The Balaban J connectivity index is 2.92. The molecule has 0 saturated heterocycles. The molecule has 0 heterocycles. The van der Waals surface area contributed by atoms with E-state index in [1.54, 1.807) is 25.2 Å². The molecule has 114 valence electrons. The van der Waals surface area contributed by atoms with E-state index in [1.165, 1.54) is 4.31 Å². The Hall–Kier alpha value is -0.660. The highest BCUT2D eigenvalue weighted by Crippen LogP contribution is 2.25. The van der Waals surface area contributed by atoms with Gasteiger partial charge in [0, 0.05) is 20.1 Å². The monoisotopic (exact) mass is 319 g/mol. The number of nitrogens with zero attached hydrogens (tertiary/aromatic N) is 2. The molecule has 0 aliphatic rings. The van der Waals surface area contributed by atoms with Gasteiger partial charge < -0.3 is 10.6 Å². The van der Waals surface area contributed by atoms with Crippen molar-refractivity contribution in [3.05, 3.63) is 28.8 Å². The predicted molar refractivity (Wildman–Crippen MR) is 82.3 cm³/mol. The molecular weight excluding hydrogens is 298 g/mol. The first-order chi connectivity index (χ1) is 9.28. The second-order valence-corrected chi connectivity index (χ2v) is 7.37. The predicted octanol–water partition coefficient (Wildman–Crippen LogP) is 1.37. The third-order valence-electron chi connectivity index (χ3n) is 3.00. The minimum atomic E-state index is -3.57. The minimum Gasteiger partial charge on any atom is -0.326 e. The van der Waals surface area contributed by atoms with Gasteiger partial charge in [0.2, 0.25) is 10.0 Å². The van der Waals surface area contributed by atoms with Crippen LogP contribution < -0.4 is 5.73 Å². The first kappa shape index (κ1) is 17.4. The maximum atomic E-state index is 12.5. The number of benzene rings is 1. The Morgan fingerprint density at radius 1 is 1.20 bits per heavy atom. The number of sulfonamides is 1. The van der Waals surface area contributed by atoms with Crippen molar-refractivity contribution in [1.82, 2.24) is 9.21 Å². The summed E-state index contributed by atoms with van der Waals surface area (Å²) in [6.07, 6.45) is 0.761. The molecule has 5 nitrogen and oxygen atoms in total. The number of hydrogen-bond acceptors (Lipinski definition) is 4. The van der Waals surface area contributed by atoms with Gasteiger partial charge in [0.25, 0.3) is 0 Å². The topological polar surface area (TPSA) is 66.6 Å². The maximum absolute atomic E-state index is 12.5. The van der Waals surface area contributed by atoms with E-state index >= 15 is 0 Å². The van der Waals surface area contributed by atoms with E-state index in [-0.39, 0.29) is 16.5 Å². The van der Waals surface area contributed by atoms with E-state index in [0.29, 0.717) is 6.54 Å². The fourth-order valence-electron chi connectivity index (χ4n) is 1.77. The number of rotatable bonds is 7. The van der Waals surface area contributed by atoms with Crippen LogP contribution in [0.1, 0.15) is 12.0 Å². The Bertz CT molecular complexity index is 547. The molecule has 0 unspecified atom stereocenters. The van der Waals surface area contributed by atoms with Gasteiger partial charge in [-0.1, -0.05) is 17.7 Å². The van der Waals surface area contributed by atoms with E-state index in [2.05, 4.69) is 0 Å². The van der Waals surface area contributed by atoms with Gasteiger partial charge in [-0.25, -0.2) is 12.7 Å². The molecule has 1 rings (SSSR count). The largest absolute Gasteiger partial charge is 0.326 e. The van der Waals surface area contributed by atoms with Crippen LogP contribution in [0.4, 0.5) is 0 Å². The van der Waals surface area contributed by atoms with Gasteiger partial charge in [-0.2, -0.15) is 0 Å². The summed E-state index contributed by atoms with van der Waals surface area (Å²) in [6.45, 7) is 1.56. The summed E-state index contributed by atoms with van der Waals surface area (Å²) in [4.78, 5) is 2.14. The summed E-state index contributed by atoms with van der Waals surface area (Å²) in [5.41, 5.74) is 6.29. The lowest BCUT2D eigenvalue weighted by Crippen LogP contribution is -2.30. The van der Waals surface area contributed by atoms with E-state index in [9.17, 15) is 8.42 Å². The number of hydrogen-bond donors (Lipinski definition) is 1. The van der Waals surface area contributed by atoms with Gasteiger partial charge >= 0.3 is 0 Å². The Morgan fingerprint density at radius 2 is 1.85 bits per heavy atom. The van der Waals surface area contributed by atoms with Crippen molar-refractivity contribution in [2.45, 2.75) is 17.9 Å².